The molecular formula is C30H23Cl2N3O3S. The quantitative estimate of drug-likeness (QED) is 0.146. The molecule has 0 aliphatic rings. The fourth-order valence-corrected chi connectivity index (χ4v) is 4.49. The number of amides is 3. The highest BCUT2D eigenvalue weighted by Gasteiger charge is 2.16. The number of rotatable bonds is 9. The molecule has 3 N–H and O–H groups in total. The Hall–Kier alpha value is -4.04. The van der Waals surface area contributed by atoms with Crippen molar-refractivity contribution in [2.45, 2.75) is 4.90 Å². The molecule has 0 unspecified atom stereocenters. The van der Waals surface area contributed by atoms with Crippen molar-refractivity contribution in [3.05, 3.63) is 130 Å². The summed E-state index contributed by atoms with van der Waals surface area (Å²) in [4.78, 5) is 39.1. The van der Waals surface area contributed by atoms with Crippen LogP contribution in [-0.4, -0.2) is 23.5 Å². The third-order valence-electron chi connectivity index (χ3n) is 5.36. The van der Waals surface area contributed by atoms with Gasteiger partial charge in [0, 0.05) is 21.2 Å². The largest absolute Gasteiger partial charge is 0.324 e. The van der Waals surface area contributed by atoms with E-state index in [1.54, 1.807) is 103 Å². The lowest BCUT2D eigenvalue weighted by Gasteiger charge is -2.12. The van der Waals surface area contributed by atoms with Gasteiger partial charge in [0.15, 0.2) is 0 Å². The molecule has 0 bridgehead atoms. The molecule has 0 heterocycles. The Morgan fingerprint density at radius 2 is 1.36 bits per heavy atom. The fourth-order valence-electron chi connectivity index (χ4n) is 3.42. The van der Waals surface area contributed by atoms with Crippen molar-refractivity contribution in [1.82, 2.24) is 5.32 Å². The molecule has 0 aliphatic carbocycles. The molecule has 0 aromatic heterocycles. The molecule has 0 radical (unpaired) electrons. The molecule has 3 amide bonds. The first kappa shape index (κ1) is 28.0. The number of carbonyl (C=O) groups is 3. The molecule has 0 fully saturated rings. The lowest BCUT2D eigenvalue weighted by molar-refractivity contribution is -0.114. The van der Waals surface area contributed by atoms with Crippen LogP contribution in [0.5, 0.6) is 0 Å². The SMILES string of the molecule is O=C(CSc1ccc(NC(=O)/C(=C/c2ccccc2Cl)NC(=O)c2ccccc2)cc1)Nc1ccccc1Cl. The lowest BCUT2D eigenvalue weighted by atomic mass is 10.1. The predicted molar refractivity (Wildman–Crippen MR) is 159 cm³/mol. The van der Waals surface area contributed by atoms with Gasteiger partial charge in [0.05, 0.1) is 16.5 Å². The van der Waals surface area contributed by atoms with Crippen molar-refractivity contribution < 1.29 is 14.4 Å². The zero-order valence-electron chi connectivity index (χ0n) is 20.5. The van der Waals surface area contributed by atoms with Crippen LogP contribution in [-0.2, 0) is 9.59 Å². The van der Waals surface area contributed by atoms with Crippen LogP contribution >= 0.6 is 35.0 Å². The maximum absolute atomic E-state index is 13.2. The third-order valence-corrected chi connectivity index (χ3v) is 7.05. The molecule has 4 rings (SSSR count). The van der Waals surface area contributed by atoms with Crippen molar-refractivity contribution in [2.24, 2.45) is 0 Å². The van der Waals surface area contributed by atoms with Crippen molar-refractivity contribution in [3.8, 4) is 0 Å². The first-order valence-corrected chi connectivity index (χ1v) is 13.5. The first-order chi connectivity index (χ1) is 18.9. The maximum Gasteiger partial charge on any atom is 0.272 e. The number of nitrogens with one attached hydrogen (secondary N) is 3. The summed E-state index contributed by atoms with van der Waals surface area (Å²) in [6, 6.07) is 29.7. The molecule has 6 nitrogen and oxygen atoms in total. The van der Waals surface area contributed by atoms with Crippen LogP contribution in [0.15, 0.2) is 114 Å². The number of benzene rings is 4. The smallest absolute Gasteiger partial charge is 0.272 e. The standard InChI is InChI=1S/C30H23Cl2N3O3S/c31-24-11-5-4-10-21(24)18-27(35-29(37)20-8-2-1-3-9-20)30(38)33-22-14-16-23(17-15-22)39-19-28(36)34-26-13-7-6-12-25(26)32/h1-18H,19H2,(H,33,38)(H,34,36)(H,35,37)/b27-18-. The van der Waals surface area contributed by atoms with Gasteiger partial charge in [-0.3, -0.25) is 14.4 Å². The number of anilines is 2. The molecule has 0 saturated heterocycles. The summed E-state index contributed by atoms with van der Waals surface area (Å²) in [6.45, 7) is 0. The van der Waals surface area contributed by atoms with E-state index in [1.165, 1.54) is 17.8 Å². The van der Waals surface area contributed by atoms with Crippen molar-refractivity contribution in [1.29, 1.82) is 0 Å². The van der Waals surface area contributed by atoms with Crippen LogP contribution in [0.4, 0.5) is 11.4 Å². The summed E-state index contributed by atoms with van der Waals surface area (Å²) in [6.07, 6.45) is 1.53. The van der Waals surface area contributed by atoms with Crippen LogP contribution in [0.3, 0.4) is 0 Å². The van der Waals surface area contributed by atoms with Crippen LogP contribution < -0.4 is 16.0 Å². The van der Waals surface area contributed by atoms with Crippen molar-refractivity contribution >= 4 is 70.1 Å². The van der Waals surface area contributed by atoms with Crippen LogP contribution in [0.2, 0.25) is 10.0 Å². The molecule has 0 atom stereocenters. The number of hydrogen-bond donors (Lipinski definition) is 3. The summed E-state index contributed by atoms with van der Waals surface area (Å²) in [5, 5.41) is 9.19. The van der Waals surface area contributed by atoms with E-state index in [0.29, 0.717) is 32.5 Å². The minimum atomic E-state index is -0.515. The Kier molecular flexibility index (Phi) is 9.80. The second-order valence-electron chi connectivity index (χ2n) is 8.19. The summed E-state index contributed by atoms with van der Waals surface area (Å²) >= 11 is 13.7. The summed E-state index contributed by atoms with van der Waals surface area (Å²) in [5.41, 5.74) is 2.10. The van der Waals surface area contributed by atoms with Gasteiger partial charge in [-0.05, 0) is 66.2 Å². The molecule has 9 heteroatoms. The zero-order valence-corrected chi connectivity index (χ0v) is 22.8. The molecule has 196 valence electrons. The average Bonchev–Trinajstić information content (AvgIpc) is 2.95. The third kappa shape index (κ3) is 8.22. The van der Waals surface area contributed by atoms with E-state index in [0.717, 1.165) is 4.90 Å². The van der Waals surface area contributed by atoms with Gasteiger partial charge in [0.2, 0.25) is 5.91 Å². The van der Waals surface area contributed by atoms with E-state index in [9.17, 15) is 14.4 Å². The van der Waals surface area contributed by atoms with Gasteiger partial charge >= 0.3 is 0 Å². The van der Waals surface area contributed by atoms with E-state index in [2.05, 4.69) is 16.0 Å². The zero-order chi connectivity index (χ0) is 27.6. The highest BCUT2D eigenvalue weighted by Crippen LogP contribution is 2.24. The highest BCUT2D eigenvalue weighted by atomic mass is 35.5. The van der Waals surface area contributed by atoms with Gasteiger partial charge < -0.3 is 16.0 Å². The maximum atomic E-state index is 13.2. The van der Waals surface area contributed by atoms with Crippen molar-refractivity contribution in [3.63, 3.8) is 0 Å². The predicted octanol–water partition coefficient (Wildman–Crippen LogP) is 7.13. The average molecular weight is 577 g/mol. The van der Waals surface area contributed by atoms with Crippen LogP contribution in [0.25, 0.3) is 6.08 Å². The fraction of sp³-hybridized carbons (Fsp3) is 0.0333. The first-order valence-electron chi connectivity index (χ1n) is 11.8. The highest BCUT2D eigenvalue weighted by molar-refractivity contribution is 8.00. The molecule has 4 aromatic carbocycles. The Morgan fingerprint density at radius 1 is 0.718 bits per heavy atom. The van der Waals surface area contributed by atoms with E-state index in [1.807, 2.05) is 0 Å². The molecule has 0 spiro atoms. The normalized spacial score (nSPS) is 11.0. The number of thioether (sulfide) groups is 1. The summed E-state index contributed by atoms with van der Waals surface area (Å²) < 4.78 is 0. The molecular weight excluding hydrogens is 553 g/mol. The Labute approximate surface area is 240 Å². The van der Waals surface area contributed by atoms with E-state index in [4.69, 9.17) is 23.2 Å². The number of halogens is 2. The van der Waals surface area contributed by atoms with Crippen molar-refractivity contribution in [2.75, 3.05) is 16.4 Å². The molecule has 0 aliphatic heterocycles. The van der Waals surface area contributed by atoms with Gasteiger partial charge in [-0.25, -0.2) is 0 Å². The minimum absolute atomic E-state index is 0.0339. The Morgan fingerprint density at radius 3 is 2.05 bits per heavy atom. The van der Waals surface area contributed by atoms with E-state index >= 15 is 0 Å². The number of carbonyl (C=O) groups excluding carboxylic acids is 3. The Bertz CT molecular complexity index is 1510. The van der Waals surface area contributed by atoms with Gasteiger partial charge in [-0.15, -0.1) is 11.8 Å². The number of hydrogen-bond acceptors (Lipinski definition) is 4. The Balaban J connectivity index is 1.41. The van der Waals surface area contributed by atoms with Gasteiger partial charge in [0.25, 0.3) is 11.8 Å². The topological polar surface area (TPSA) is 87.3 Å². The summed E-state index contributed by atoms with van der Waals surface area (Å²) in [7, 11) is 0. The second kappa shape index (κ2) is 13.7. The van der Waals surface area contributed by atoms with Gasteiger partial charge in [0.1, 0.15) is 5.70 Å². The van der Waals surface area contributed by atoms with Gasteiger partial charge in [-0.2, -0.15) is 0 Å². The monoisotopic (exact) mass is 575 g/mol. The lowest BCUT2D eigenvalue weighted by Crippen LogP contribution is -2.30. The van der Waals surface area contributed by atoms with Gasteiger partial charge in [-0.1, -0.05) is 71.7 Å². The van der Waals surface area contributed by atoms with Crippen LogP contribution in [0, 0.1) is 0 Å². The molecule has 4 aromatic rings. The summed E-state index contributed by atoms with van der Waals surface area (Å²) in [5.74, 6) is -0.939. The van der Waals surface area contributed by atoms with E-state index < -0.39 is 11.8 Å². The minimum Gasteiger partial charge on any atom is -0.324 e. The van der Waals surface area contributed by atoms with E-state index in [-0.39, 0.29) is 17.4 Å². The molecule has 39 heavy (non-hydrogen) atoms. The number of para-hydroxylation sites is 1. The second-order valence-corrected chi connectivity index (χ2v) is 10.1. The van der Waals surface area contributed by atoms with Crippen LogP contribution in [0.1, 0.15) is 15.9 Å². The molecule has 0 saturated carbocycles.